The topological polar surface area (TPSA) is 51.2 Å². The number of aliphatic hydroxyl groups is 1. The van der Waals surface area contributed by atoms with Crippen LogP contribution in [0.15, 0.2) is 22.9 Å². The van der Waals surface area contributed by atoms with Gasteiger partial charge in [0.1, 0.15) is 5.69 Å². The largest absolute Gasteiger partial charge is 0.462 e. The Balaban J connectivity index is 2.16. The number of fused-ring (bicyclic) bond motifs is 3. The Morgan fingerprint density at radius 1 is 1.40 bits per heavy atom. The number of aliphatic hydroxyl groups excluding tert-OH is 1. The van der Waals surface area contributed by atoms with Gasteiger partial charge < -0.3 is 9.52 Å². The molecule has 3 rings (SSSR count). The molecular formula is C11H12N2O2. The van der Waals surface area contributed by atoms with Crippen molar-refractivity contribution in [2.75, 3.05) is 6.61 Å². The fourth-order valence-electron chi connectivity index (χ4n) is 2.14. The van der Waals surface area contributed by atoms with E-state index in [0.717, 1.165) is 24.3 Å². The van der Waals surface area contributed by atoms with E-state index >= 15 is 0 Å². The molecule has 0 amide bonds. The van der Waals surface area contributed by atoms with Crippen LogP contribution in [-0.4, -0.2) is 21.5 Å². The first-order valence-corrected chi connectivity index (χ1v) is 5.12. The highest BCUT2D eigenvalue weighted by molar-refractivity contribution is 5.64. The molecule has 4 nitrogen and oxygen atoms in total. The molecule has 15 heavy (non-hydrogen) atoms. The molecular weight excluding hydrogens is 192 g/mol. The van der Waals surface area contributed by atoms with Crippen LogP contribution in [0.2, 0.25) is 0 Å². The summed E-state index contributed by atoms with van der Waals surface area (Å²) >= 11 is 0. The number of nitrogens with zero attached hydrogens (tertiary/aromatic N) is 2. The quantitative estimate of drug-likeness (QED) is 0.800. The first-order chi connectivity index (χ1) is 7.40. The fraction of sp³-hybridized carbons (Fsp3) is 0.364. The van der Waals surface area contributed by atoms with Crippen LogP contribution in [0.1, 0.15) is 11.1 Å². The Morgan fingerprint density at radius 3 is 3.13 bits per heavy atom. The van der Waals surface area contributed by atoms with E-state index in [4.69, 9.17) is 9.52 Å². The number of hydrogen-bond donors (Lipinski definition) is 1. The van der Waals surface area contributed by atoms with Gasteiger partial charge in [-0.3, -0.25) is 4.68 Å². The van der Waals surface area contributed by atoms with Crippen molar-refractivity contribution in [3.05, 3.63) is 29.7 Å². The van der Waals surface area contributed by atoms with Crippen LogP contribution in [0.4, 0.5) is 0 Å². The van der Waals surface area contributed by atoms with E-state index in [1.165, 1.54) is 11.1 Å². The normalized spacial score (nSPS) is 13.7. The zero-order chi connectivity index (χ0) is 10.3. The summed E-state index contributed by atoms with van der Waals surface area (Å²) in [6.45, 7) is 0.625. The first-order valence-electron chi connectivity index (χ1n) is 5.12. The van der Waals surface area contributed by atoms with E-state index in [1.807, 2.05) is 16.9 Å². The highest BCUT2D eigenvalue weighted by Gasteiger charge is 2.23. The summed E-state index contributed by atoms with van der Waals surface area (Å²) in [5, 5.41) is 13.2. The standard InChI is InChI=1S/C11H12N2O2/c14-5-4-13-10-9(7-12-13)2-1-8-3-6-15-11(8)10/h3,6-7,14H,1-2,4-5H2. The van der Waals surface area contributed by atoms with Gasteiger partial charge in [0, 0.05) is 11.1 Å². The van der Waals surface area contributed by atoms with Gasteiger partial charge >= 0.3 is 0 Å². The van der Waals surface area contributed by atoms with Gasteiger partial charge in [-0.25, -0.2) is 0 Å². The van der Waals surface area contributed by atoms with Gasteiger partial charge in [0.05, 0.1) is 25.6 Å². The third kappa shape index (κ3) is 1.22. The monoisotopic (exact) mass is 204 g/mol. The molecule has 0 saturated heterocycles. The van der Waals surface area contributed by atoms with Gasteiger partial charge in [-0.2, -0.15) is 5.10 Å². The maximum atomic E-state index is 8.95. The zero-order valence-electron chi connectivity index (χ0n) is 8.31. The van der Waals surface area contributed by atoms with Crippen molar-refractivity contribution < 1.29 is 9.52 Å². The van der Waals surface area contributed by atoms with Crippen molar-refractivity contribution in [2.24, 2.45) is 0 Å². The molecule has 0 aliphatic heterocycles. The smallest absolute Gasteiger partial charge is 0.155 e. The summed E-state index contributed by atoms with van der Waals surface area (Å²) in [7, 11) is 0. The third-order valence-corrected chi connectivity index (χ3v) is 2.85. The summed E-state index contributed by atoms with van der Waals surface area (Å²) in [4.78, 5) is 0. The molecule has 0 bridgehead atoms. The van der Waals surface area contributed by atoms with Crippen LogP contribution in [0.5, 0.6) is 0 Å². The van der Waals surface area contributed by atoms with Crippen LogP contribution in [-0.2, 0) is 19.4 Å². The molecule has 1 aliphatic carbocycles. The lowest BCUT2D eigenvalue weighted by atomic mass is 9.97. The van der Waals surface area contributed by atoms with Crippen molar-refractivity contribution in [3.63, 3.8) is 0 Å². The third-order valence-electron chi connectivity index (χ3n) is 2.85. The van der Waals surface area contributed by atoms with Crippen molar-refractivity contribution in [1.29, 1.82) is 0 Å². The predicted molar refractivity (Wildman–Crippen MR) is 54.4 cm³/mol. The number of rotatable bonds is 2. The number of hydrogen-bond acceptors (Lipinski definition) is 3. The molecule has 0 unspecified atom stereocenters. The summed E-state index contributed by atoms with van der Waals surface area (Å²) in [5.41, 5.74) is 3.49. The summed E-state index contributed by atoms with van der Waals surface area (Å²) < 4.78 is 7.30. The van der Waals surface area contributed by atoms with Gasteiger partial charge in [-0.15, -0.1) is 0 Å². The second-order valence-corrected chi connectivity index (χ2v) is 3.74. The van der Waals surface area contributed by atoms with Gasteiger partial charge in [-0.1, -0.05) is 0 Å². The van der Waals surface area contributed by atoms with Crippen LogP contribution < -0.4 is 0 Å². The second kappa shape index (κ2) is 3.24. The van der Waals surface area contributed by atoms with Crippen LogP contribution in [0.25, 0.3) is 11.5 Å². The molecule has 2 aromatic heterocycles. The highest BCUT2D eigenvalue weighted by atomic mass is 16.3. The Kier molecular flexibility index (Phi) is 1.89. The molecule has 0 spiro atoms. The van der Waals surface area contributed by atoms with Crippen LogP contribution in [0, 0.1) is 0 Å². The predicted octanol–water partition coefficient (Wildman–Crippen LogP) is 1.23. The fourth-order valence-corrected chi connectivity index (χ4v) is 2.14. The minimum Gasteiger partial charge on any atom is -0.462 e. The molecule has 0 saturated carbocycles. The molecule has 78 valence electrons. The summed E-state index contributed by atoms with van der Waals surface area (Å²) in [6.07, 6.45) is 5.61. The van der Waals surface area contributed by atoms with E-state index in [-0.39, 0.29) is 6.61 Å². The molecule has 0 aromatic carbocycles. The average Bonchev–Trinajstić information content (AvgIpc) is 2.83. The maximum Gasteiger partial charge on any atom is 0.155 e. The lowest BCUT2D eigenvalue weighted by Crippen LogP contribution is -2.09. The van der Waals surface area contributed by atoms with E-state index in [9.17, 15) is 0 Å². The Labute approximate surface area is 87.1 Å². The minimum absolute atomic E-state index is 0.101. The van der Waals surface area contributed by atoms with Gasteiger partial charge in [0.2, 0.25) is 0 Å². The van der Waals surface area contributed by atoms with Gasteiger partial charge in [-0.05, 0) is 18.9 Å². The second-order valence-electron chi connectivity index (χ2n) is 3.74. The SMILES string of the molecule is OCCn1ncc2c1-c1occc1CC2. The molecule has 0 fully saturated rings. The molecule has 0 atom stereocenters. The summed E-state index contributed by atoms with van der Waals surface area (Å²) in [5.74, 6) is 0.919. The lowest BCUT2D eigenvalue weighted by Gasteiger charge is -2.12. The Bertz CT molecular complexity index is 484. The first kappa shape index (κ1) is 8.73. The van der Waals surface area contributed by atoms with Crippen molar-refractivity contribution in [1.82, 2.24) is 9.78 Å². The maximum absolute atomic E-state index is 8.95. The van der Waals surface area contributed by atoms with Crippen molar-refractivity contribution in [2.45, 2.75) is 19.4 Å². The Hall–Kier alpha value is -1.55. The van der Waals surface area contributed by atoms with Crippen molar-refractivity contribution >= 4 is 0 Å². The van der Waals surface area contributed by atoms with Gasteiger partial charge in [0.25, 0.3) is 0 Å². The van der Waals surface area contributed by atoms with E-state index < -0.39 is 0 Å². The van der Waals surface area contributed by atoms with Crippen LogP contribution >= 0.6 is 0 Å². The van der Waals surface area contributed by atoms with E-state index in [0.29, 0.717) is 6.54 Å². The van der Waals surface area contributed by atoms with Crippen LogP contribution in [0.3, 0.4) is 0 Å². The molecule has 1 N–H and O–H groups in total. The van der Waals surface area contributed by atoms with E-state index in [2.05, 4.69) is 5.10 Å². The molecule has 2 aromatic rings. The molecule has 1 aliphatic rings. The molecule has 0 radical (unpaired) electrons. The average molecular weight is 204 g/mol. The van der Waals surface area contributed by atoms with E-state index in [1.54, 1.807) is 6.26 Å². The number of aromatic nitrogens is 2. The number of furan rings is 1. The van der Waals surface area contributed by atoms with Crippen molar-refractivity contribution in [3.8, 4) is 11.5 Å². The number of aryl methyl sites for hydroxylation is 2. The molecule has 4 heteroatoms. The lowest BCUT2D eigenvalue weighted by molar-refractivity contribution is 0.270. The zero-order valence-corrected chi connectivity index (χ0v) is 8.31. The van der Waals surface area contributed by atoms with Gasteiger partial charge in [0.15, 0.2) is 5.76 Å². The molecule has 2 heterocycles. The minimum atomic E-state index is 0.101. The highest BCUT2D eigenvalue weighted by Crippen LogP contribution is 2.33. The Morgan fingerprint density at radius 2 is 2.27 bits per heavy atom. The summed E-state index contributed by atoms with van der Waals surface area (Å²) in [6, 6.07) is 2.01.